The molecule has 2 fully saturated rings. The number of hydrogen-bond acceptors (Lipinski definition) is 3. The number of rotatable bonds is 3. The molecule has 0 aromatic heterocycles. The second-order valence-electron chi connectivity index (χ2n) is 6.25. The van der Waals surface area contributed by atoms with Crippen molar-refractivity contribution < 1.29 is 4.39 Å². The molecule has 21 heavy (non-hydrogen) atoms. The van der Waals surface area contributed by atoms with Gasteiger partial charge in [-0.25, -0.2) is 4.39 Å². The molecule has 2 N–H and O–H groups in total. The highest BCUT2D eigenvalue weighted by atomic mass is 35.5. The van der Waals surface area contributed by atoms with E-state index < -0.39 is 0 Å². The van der Waals surface area contributed by atoms with Crippen LogP contribution < -0.4 is 5.73 Å². The fourth-order valence-electron chi connectivity index (χ4n) is 3.45. The van der Waals surface area contributed by atoms with Crippen LogP contribution in [0.2, 0.25) is 5.02 Å². The quantitative estimate of drug-likeness (QED) is 0.931. The van der Waals surface area contributed by atoms with Crippen molar-refractivity contribution in [2.24, 2.45) is 5.73 Å². The average Bonchev–Trinajstić information content (AvgIpc) is 2.92. The lowest BCUT2D eigenvalue weighted by atomic mass is 10.0. The summed E-state index contributed by atoms with van der Waals surface area (Å²) in [5.41, 5.74) is 6.59. The van der Waals surface area contributed by atoms with E-state index in [0.717, 1.165) is 45.4 Å². The average molecular weight is 312 g/mol. The van der Waals surface area contributed by atoms with Crippen molar-refractivity contribution in [1.82, 2.24) is 9.80 Å². The van der Waals surface area contributed by atoms with E-state index in [-0.39, 0.29) is 5.82 Å². The Morgan fingerprint density at radius 2 is 1.95 bits per heavy atom. The van der Waals surface area contributed by atoms with Crippen LogP contribution in [0, 0.1) is 5.82 Å². The molecule has 0 saturated carbocycles. The van der Waals surface area contributed by atoms with E-state index >= 15 is 0 Å². The normalized spacial score (nSPS) is 25.6. The molecular formula is C16H23ClFN3. The van der Waals surface area contributed by atoms with Crippen LogP contribution in [0.1, 0.15) is 24.8 Å². The second-order valence-corrected chi connectivity index (χ2v) is 6.66. The van der Waals surface area contributed by atoms with Crippen LogP contribution in [0.4, 0.5) is 4.39 Å². The summed E-state index contributed by atoms with van der Waals surface area (Å²) in [5, 5.41) is 0.530. The van der Waals surface area contributed by atoms with Crippen molar-refractivity contribution in [2.45, 2.75) is 37.9 Å². The number of likely N-dealkylation sites (tertiary alicyclic amines) is 2. The number of benzene rings is 1. The molecule has 0 amide bonds. The van der Waals surface area contributed by atoms with E-state index in [4.69, 9.17) is 17.3 Å². The molecule has 0 spiro atoms. The maximum atomic E-state index is 13.9. The fourth-order valence-corrected chi connectivity index (χ4v) is 3.67. The predicted octanol–water partition coefficient (Wildman–Crippen LogP) is 2.48. The van der Waals surface area contributed by atoms with Crippen molar-refractivity contribution in [1.29, 1.82) is 0 Å². The van der Waals surface area contributed by atoms with Gasteiger partial charge in [-0.2, -0.15) is 0 Å². The number of hydrogen-bond donors (Lipinski definition) is 1. The lowest BCUT2D eigenvalue weighted by Gasteiger charge is -2.34. The Labute approximate surface area is 130 Å². The number of piperidine rings is 1. The summed E-state index contributed by atoms with van der Waals surface area (Å²) in [4.78, 5) is 4.86. The van der Waals surface area contributed by atoms with Crippen molar-refractivity contribution in [3.05, 3.63) is 34.6 Å². The zero-order valence-corrected chi connectivity index (χ0v) is 13.0. The van der Waals surface area contributed by atoms with E-state index in [1.807, 2.05) is 0 Å². The van der Waals surface area contributed by atoms with E-state index in [9.17, 15) is 4.39 Å². The van der Waals surface area contributed by atoms with E-state index in [0.29, 0.717) is 29.2 Å². The zero-order chi connectivity index (χ0) is 14.8. The predicted molar refractivity (Wildman–Crippen MR) is 83.9 cm³/mol. The van der Waals surface area contributed by atoms with Gasteiger partial charge in [0.05, 0.1) is 0 Å². The van der Waals surface area contributed by atoms with Gasteiger partial charge in [0.25, 0.3) is 0 Å². The van der Waals surface area contributed by atoms with E-state index in [1.54, 1.807) is 12.1 Å². The highest BCUT2D eigenvalue weighted by Crippen LogP contribution is 2.25. The van der Waals surface area contributed by atoms with Gasteiger partial charge in [-0.15, -0.1) is 0 Å². The molecule has 3 rings (SSSR count). The Morgan fingerprint density at radius 1 is 1.19 bits per heavy atom. The van der Waals surface area contributed by atoms with Crippen LogP contribution in [0.5, 0.6) is 0 Å². The van der Waals surface area contributed by atoms with E-state index in [2.05, 4.69) is 9.80 Å². The van der Waals surface area contributed by atoms with Gasteiger partial charge < -0.3 is 5.73 Å². The molecule has 1 aromatic rings. The molecule has 2 saturated heterocycles. The van der Waals surface area contributed by atoms with Gasteiger partial charge in [0.2, 0.25) is 0 Å². The summed E-state index contributed by atoms with van der Waals surface area (Å²) in [7, 11) is 0. The van der Waals surface area contributed by atoms with Crippen molar-refractivity contribution in [3.8, 4) is 0 Å². The van der Waals surface area contributed by atoms with Gasteiger partial charge in [-0.05, 0) is 44.5 Å². The van der Waals surface area contributed by atoms with Gasteiger partial charge in [0.15, 0.2) is 0 Å². The van der Waals surface area contributed by atoms with Crippen LogP contribution in [0.15, 0.2) is 18.2 Å². The molecule has 5 heteroatoms. The molecule has 0 bridgehead atoms. The minimum absolute atomic E-state index is 0.199. The maximum absolute atomic E-state index is 13.9. The zero-order valence-electron chi connectivity index (χ0n) is 12.3. The number of halogens is 2. The minimum Gasteiger partial charge on any atom is -0.328 e. The topological polar surface area (TPSA) is 32.5 Å². The Kier molecular flexibility index (Phi) is 4.79. The first-order chi connectivity index (χ1) is 10.1. The van der Waals surface area contributed by atoms with Crippen LogP contribution in [-0.2, 0) is 6.54 Å². The Hall–Kier alpha value is -0.680. The van der Waals surface area contributed by atoms with Crippen LogP contribution in [0.25, 0.3) is 0 Å². The van der Waals surface area contributed by atoms with Gasteiger partial charge >= 0.3 is 0 Å². The summed E-state index contributed by atoms with van der Waals surface area (Å²) in [6.45, 7) is 4.81. The van der Waals surface area contributed by atoms with Gasteiger partial charge in [-0.1, -0.05) is 17.7 Å². The standard InChI is InChI=1S/C16H23ClFN3/c17-15-2-1-3-16(18)14(15)11-20-7-6-13(10-20)21-8-4-12(19)5-9-21/h1-3,12-13H,4-11,19H2. The third-order valence-corrected chi connectivity index (χ3v) is 5.14. The number of nitrogens with two attached hydrogens (primary N) is 1. The third-order valence-electron chi connectivity index (χ3n) is 4.78. The lowest BCUT2D eigenvalue weighted by Crippen LogP contribution is -2.46. The SMILES string of the molecule is NC1CCN(C2CCN(Cc3c(F)cccc3Cl)C2)CC1. The molecule has 1 atom stereocenters. The maximum Gasteiger partial charge on any atom is 0.129 e. The molecular weight excluding hydrogens is 289 g/mol. The third kappa shape index (κ3) is 3.57. The summed E-state index contributed by atoms with van der Waals surface area (Å²) >= 11 is 6.12. The van der Waals surface area contributed by atoms with Crippen LogP contribution in [0.3, 0.4) is 0 Å². The van der Waals surface area contributed by atoms with Crippen molar-refractivity contribution >= 4 is 11.6 Å². The summed E-state index contributed by atoms with van der Waals surface area (Å²) < 4.78 is 13.9. The van der Waals surface area contributed by atoms with Gasteiger partial charge in [-0.3, -0.25) is 9.80 Å². The first-order valence-corrected chi connectivity index (χ1v) is 8.16. The molecule has 2 heterocycles. The Balaban J connectivity index is 1.57. The fraction of sp³-hybridized carbons (Fsp3) is 0.625. The van der Waals surface area contributed by atoms with E-state index in [1.165, 1.54) is 6.07 Å². The van der Waals surface area contributed by atoms with Crippen molar-refractivity contribution in [2.75, 3.05) is 26.2 Å². The summed E-state index contributed by atoms with van der Waals surface area (Å²) in [6.07, 6.45) is 3.34. The van der Waals surface area contributed by atoms with Crippen molar-refractivity contribution in [3.63, 3.8) is 0 Å². The molecule has 116 valence electrons. The summed E-state index contributed by atoms with van der Waals surface area (Å²) in [5.74, 6) is -0.199. The highest BCUT2D eigenvalue weighted by molar-refractivity contribution is 6.31. The molecule has 2 aliphatic heterocycles. The molecule has 1 aromatic carbocycles. The minimum atomic E-state index is -0.199. The van der Waals surface area contributed by atoms with Crippen LogP contribution >= 0.6 is 11.6 Å². The summed E-state index contributed by atoms with van der Waals surface area (Å²) in [6, 6.07) is 5.87. The monoisotopic (exact) mass is 311 g/mol. The molecule has 3 nitrogen and oxygen atoms in total. The largest absolute Gasteiger partial charge is 0.328 e. The van der Waals surface area contributed by atoms with Crippen LogP contribution in [-0.4, -0.2) is 48.1 Å². The van der Waals surface area contributed by atoms with Gasteiger partial charge in [0.1, 0.15) is 5.82 Å². The molecule has 0 aliphatic carbocycles. The number of nitrogens with zero attached hydrogens (tertiary/aromatic N) is 2. The first kappa shape index (κ1) is 15.2. The lowest BCUT2D eigenvalue weighted by molar-refractivity contribution is 0.151. The Morgan fingerprint density at radius 3 is 2.67 bits per heavy atom. The molecule has 0 radical (unpaired) electrons. The second kappa shape index (κ2) is 6.61. The van der Waals surface area contributed by atoms with Gasteiger partial charge in [0, 0.05) is 42.3 Å². The molecule has 2 aliphatic rings. The first-order valence-electron chi connectivity index (χ1n) is 7.78. The molecule has 1 unspecified atom stereocenters. The highest BCUT2D eigenvalue weighted by Gasteiger charge is 2.30. The smallest absolute Gasteiger partial charge is 0.129 e. The Bertz CT molecular complexity index is 468.